The molecule has 1 saturated heterocycles. The predicted molar refractivity (Wildman–Crippen MR) is 56.2 cm³/mol. The van der Waals surface area contributed by atoms with Crippen LogP contribution in [0, 0.1) is 0 Å². The molecule has 0 saturated carbocycles. The molecule has 1 aliphatic heterocycles. The molecule has 90 valence electrons. The van der Waals surface area contributed by atoms with Crippen molar-refractivity contribution in [3.05, 3.63) is 12.4 Å². The number of hydrogen-bond acceptors (Lipinski definition) is 5. The normalized spacial score (nSPS) is 26.1. The monoisotopic (exact) mass is 246 g/mol. The number of H-pyrrole nitrogens is 1. The van der Waals surface area contributed by atoms with Crippen LogP contribution in [0.25, 0.3) is 0 Å². The first-order chi connectivity index (χ1) is 7.52. The lowest BCUT2D eigenvalue weighted by Gasteiger charge is -2.21. The lowest BCUT2D eigenvalue weighted by atomic mass is 10.1. The maximum atomic E-state index is 11.7. The highest BCUT2D eigenvalue weighted by molar-refractivity contribution is 7.89. The topological polar surface area (TPSA) is 107 Å². The van der Waals surface area contributed by atoms with Gasteiger partial charge in [-0.25, -0.2) is 13.1 Å². The first kappa shape index (κ1) is 11.5. The third-order valence-corrected chi connectivity index (χ3v) is 3.96. The van der Waals surface area contributed by atoms with Crippen LogP contribution in [0.15, 0.2) is 17.3 Å². The fourth-order valence-corrected chi connectivity index (χ4v) is 2.60. The summed E-state index contributed by atoms with van der Waals surface area (Å²) >= 11 is 0. The highest BCUT2D eigenvalue weighted by Gasteiger charge is 2.32. The SMILES string of the molecule is O=S(=O)(NCC1(O)CCNC1)c1cn[nH]c1. The minimum absolute atomic E-state index is 0.00745. The van der Waals surface area contributed by atoms with Gasteiger partial charge in [0, 0.05) is 19.3 Å². The maximum Gasteiger partial charge on any atom is 0.243 e. The van der Waals surface area contributed by atoms with Gasteiger partial charge in [-0.05, 0) is 13.0 Å². The minimum atomic E-state index is -3.57. The van der Waals surface area contributed by atoms with Gasteiger partial charge in [-0.3, -0.25) is 5.10 Å². The molecule has 7 nitrogen and oxygen atoms in total. The number of aliphatic hydroxyl groups is 1. The van der Waals surface area contributed by atoms with E-state index < -0.39 is 15.6 Å². The molecule has 0 radical (unpaired) electrons. The van der Waals surface area contributed by atoms with Crippen molar-refractivity contribution in [2.24, 2.45) is 0 Å². The Morgan fingerprint density at radius 3 is 3.00 bits per heavy atom. The van der Waals surface area contributed by atoms with Crippen molar-refractivity contribution < 1.29 is 13.5 Å². The molecular formula is C8H14N4O3S. The van der Waals surface area contributed by atoms with Crippen molar-refractivity contribution in [2.75, 3.05) is 19.6 Å². The number of aromatic amines is 1. The van der Waals surface area contributed by atoms with Crippen LogP contribution in [-0.2, 0) is 10.0 Å². The summed E-state index contributed by atoms with van der Waals surface area (Å²) in [6.45, 7) is 1.11. The maximum absolute atomic E-state index is 11.7. The molecule has 1 aromatic heterocycles. The van der Waals surface area contributed by atoms with Crippen molar-refractivity contribution >= 4 is 10.0 Å². The van der Waals surface area contributed by atoms with E-state index in [1.165, 1.54) is 12.4 Å². The van der Waals surface area contributed by atoms with E-state index in [0.717, 1.165) is 0 Å². The molecule has 1 atom stereocenters. The van der Waals surface area contributed by atoms with Crippen LogP contribution in [0.3, 0.4) is 0 Å². The fourth-order valence-electron chi connectivity index (χ4n) is 1.58. The molecule has 1 fully saturated rings. The van der Waals surface area contributed by atoms with Crippen LogP contribution in [-0.4, -0.2) is 49.0 Å². The smallest absolute Gasteiger partial charge is 0.243 e. The van der Waals surface area contributed by atoms with Gasteiger partial charge in [0.05, 0.1) is 11.8 Å². The first-order valence-corrected chi connectivity index (χ1v) is 6.42. The summed E-state index contributed by atoms with van der Waals surface area (Å²) in [7, 11) is -3.57. The minimum Gasteiger partial charge on any atom is -0.387 e. The summed E-state index contributed by atoms with van der Waals surface area (Å²) in [6.07, 6.45) is 3.06. The van der Waals surface area contributed by atoms with E-state index in [9.17, 15) is 13.5 Å². The van der Waals surface area contributed by atoms with E-state index in [-0.39, 0.29) is 11.4 Å². The summed E-state index contributed by atoms with van der Waals surface area (Å²) in [5.41, 5.74) is -0.989. The lowest BCUT2D eigenvalue weighted by Crippen LogP contribution is -2.44. The fraction of sp³-hybridized carbons (Fsp3) is 0.625. The number of rotatable bonds is 4. The van der Waals surface area contributed by atoms with E-state index in [4.69, 9.17) is 0 Å². The van der Waals surface area contributed by atoms with Crippen LogP contribution in [0.1, 0.15) is 6.42 Å². The third-order valence-electron chi connectivity index (χ3n) is 2.60. The van der Waals surface area contributed by atoms with Crippen molar-refractivity contribution in [1.29, 1.82) is 0 Å². The van der Waals surface area contributed by atoms with Gasteiger partial charge < -0.3 is 10.4 Å². The number of nitrogens with zero attached hydrogens (tertiary/aromatic N) is 1. The van der Waals surface area contributed by atoms with Crippen molar-refractivity contribution in [1.82, 2.24) is 20.2 Å². The average molecular weight is 246 g/mol. The second-order valence-electron chi connectivity index (χ2n) is 3.91. The Morgan fingerprint density at radius 2 is 2.44 bits per heavy atom. The zero-order valence-electron chi connectivity index (χ0n) is 8.60. The summed E-state index contributed by atoms with van der Waals surface area (Å²) < 4.78 is 25.7. The number of nitrogens with one attached hydrogen (secondary N) is 3. The van der Waals surface area contributed by atoms with Gasteiger partial charge in [0.1, 0.15) is 4.90 Å². The summed E-state index contributed by atoms with van der Waals surface area (Å²) in [6, 6.07) is 0. The molecular weight excluding hydrogens is 232 g/mol. The number of sulfonamides is 1. The highest BCUT2D eigenvalue weighted by Crippen LogP contribution is 2.14. The lowest BCUT2D eigenvalue weighted by molar-refractivity contribution is 0.0667. The Bertz CT molecular complexity index is 436. The molecule has 1 aromatic rings. The van der Waals surface area contributed by atoms with Gasteiger partial charge in [-0.2, -0.15) is 5.10 Å². The highest BCUT2D eigenvalue weighted by atomic mass is 32.2. The molecule has 1 unspecified atom stereocenters. The van der Waals surface area contributed by atoms with Crippen LogP contribution in [0.5, 0.6) is 0 Å². The Morgan fingerprint density at radius 1 is 1.62 bits per heavy atom. The van der Waals surface area contributed by atoms with Gasteiger partial charge in [0.15, 0.2) is 0 Å². The van der Waals surface area contributed by atoms with E-state index in [1.54, 1.807) is 0 Å². The summed E-state index contributed by atoms with van der Waals surface area (Å²) in [5, 5.41) is 18.9. The standard InChI is InChI=1S/C8H14N4O3S/c13-8(1-2-9-5-8)6-12-16(14,15)7-3-10-11-4-7/h3-4,9,12-13H,1-2,5-6H2,(H,10,11). The number of β-amino-alcohol motifs (C(OH)–C–C–N with tert-alkyl or cyclic N) is 1. The molecule has 4 N–H and O–H groups in total. The van der Waals surface area contributed by atoms with Crippen LogP contribution >= 0.6 is 0 Å². The largest absolute Gasteiger partial charge is 0.387 e. The zero-order valence-corrected chi connectivity index (χ0v) is 9.42. The van der Waals surface area contributed by atoms with E-state index in [0.29, 0.717) is 19.5 Å². The Labute approximate surface area is 93.3 Å². The van der Waals surface area contributed by atoms with Crippen molar-refractivity contribution in [2.45, 2.75) is 16.9 Å². The Hall–Kier alpha value is -0.960. The number of hydrogen-bond donors (Lipinski definition) is 4. The van der Waals surface area contributed by atoms with Crippen LogP contribution < -0.4 is 10.0 Å². The average Bonchev–Trinajstić information content (AvgIpc) is 2.86. The summed E-state index contributed by atoms with van der Waals surface area (Å²) in [4.78, 5) is 0.0713. The molecule has 0 aromatic carbocycles. The second-order valence-corrected chi connectivity index (χ2v) is 5.68. The Balaban J connectivity index is 2.00. The number of aromatic nitrogens is 2. The van der Waals surface area contributed by atoms with Crippen LogP contribution in [0.2, 0.25) is 0 Å². The third kappa shape index (κ3) is 2.40. The first-order valence-electron chi connectivity index (χ1n) is 4.93. The van der Waals surface area contributed by atoms with Gasteiger partial charge in [-0.1, -0.05) is 0 Å². The van der Waals surface area contributed by atoms with Crippen LogP contribution in [0.4, 0.5) is 0 Å². The summed E-state index contributed by atoms with van der Waals surface area (Å²) in [5.74, 6) is 0. The van der Waals surface area contributed by atoms with Gasteiger partial charge in [0.25, 0.3) is 0 Å². The zero-order chi connectivity index (χ0) is 11.6. The predicted octanol–water partition coefficient (Wildman–Crippen LogP) is -1.59. The van der Waals surface area contributed by atoms with E-state index >= 15 is 0 Å². The van der Waals surface area contributed by atoms with Crippen molar-refractivity contribution in [3.8, 4) is 0 Å². The molecule has 8 heteroatoms. The van der Waals surface area contributed by atoms with Gasteiger partial charge in [0.2, 0.25) is 10.0 Å². The molecule has 0 bridgehead atoms. The van der Waals surface area contributed by atoms with E-state index in [1.807, 2.05) is 0 Å². The molecule has 1 aliphatic rings. The molecule has 16 heavy (non-hydrogen) atoms. The molecule has 2 heterocycles. The quantitative estimate of drug-likeness (QED) is 0.512. The second kappa shape index (κ2) is 4.13. The molecule has 0 aliphatic carbocycles. The van der Waals surface area contributed by atoms with Crippen molar-refractivity contribution in [3.63, 3.8) is 0 Å². The van der Waals surface area contributed by atoms with Gasteiger partial charge >= 0.3 is 0 Å². The molecule has 2 rings (SSSR count). The Kier molecular flexibility index (Phi) is 2.98. The van der Waals surface area contributed by atoms with Gasteiger partial charge in [-0.15, -0.1) is 0 Å². The molecule has 0 spiro atoms. The van der Waals surface area contributed by atoms with E-state index in [2.05, 4.69) is 20.2 Å². The molecule has 0 amide bonds.